The van der Waals surface area contributed by atoms with Crippen molar-refractivity contribution in [2.45, 2.75) is 46.6 Å². The predicted molar refractivity (Wildman–Crippen MR) is 484 cm³/mol. The number of aromatic nitrogens is 12. The molecule has 7 heterocycles. The molecule has 0 atom stereocenters. The van der Waals surface area contributed by atoms with Gasteiger partial charge in [0.2, 0.25) is 74.4 Å². The molecular weight excluding hydrogens is 1860 g/mol. The van der Waals surface area contributed by atoms with E-state index in [1.807, 2.05) is 60.7 Å². The number of esters is 2. The van der Waals surface area contributed by atoms with Gasteiger partial charge in [0, 0.05) is 68.3 Å². The fourth-order valence-corrected chi connectivity index (χ4v) is 12.1. The molecule has 7 aromatic carbocycles. The molecule has 0 spiro atoms. The van der Waals surface area contributed by atoms with E-state index in [1.165, 1.54) is 77.6 Å². The summed E-state index contributed by atoms with van der Waals surface area (Å²) in [6.07, 6.45) is 7.06. The highest BCUT2D eigenvalue weighted by atomic mass is 35.5. The van der Waals surface area contributed by atoms with Crippen molar-refractivity contribution in [2.75, 3.05) is 50.8 Å². The van der Waals surface area contributed by atoms with Gasteiger partial charge in [0.05, 0.1) is 64.4 Å². The number of pyridine rings is 2. The van der Waals surface area contributed by atoms with Crippen LogP contribution in [-0.4, -0.2) is 126 Å². The molecule has 14 rings (SSSR count). The lowest BCUT2D eigenvalue weighted by Gasteiger charge is -2.16. The number of halogens is 10. The summed E-state index contributed by atoms with van der Waals surface area (Å²) < 4.78 is 75.7. The standard InChI is InChI=1S/C26H22ClFN4O5.C24H18ClFN4O5.C15H14Cl2N2O4.C12H10Cl2N2O2.C11H8Cl2N2O2/c1-2-35-24(33)16-36-21-15-32(14-17-6-8-18(27)9-7-17)26(31-25(21)34)29-19-10-12-20(13-11-19)37-23-5-3-4-22(28)30-23;25-16-6-4-15(5-7-16)12-30-13-19(34-14-22(31)32)23(33)29-24(30)27-17-8-10-18(11-9-17)35-21-3-1-2-20(26)28-21;1-2-22-13(20)9-23-12-8-19(15(17)18-14(12)21)7-10-3-5-11(16)6-4-10;1-18-10-7-16(12(14)15-11(10)17)6-8-2-4-9(13)5-3-8;12-8-3-1-7(2-4-8)5-15-6-9(16)10(17)14-11(15)13/h3-13,15H,2,14,16H2,1H3,(H,29,31,34);1-11,13H,12,14H2,(H,31,32)(H,27,29,33);3-6,8H,2,7,9H2,1H3;2-5,7H,6H2,1H3;1-4,6,16H,5H2. The minimum atomic E-state index is -1.22. The number of hydrogen-bond acceptors (Lipinski definition) is 26. The number of aliphatic carboxylic acids is 1. The van der Waals surface area contributed by atoms with Crippen molar-refractivity contribution in [3.8, 4) is 52.0 Å². The fraction of sp³-hybridized carbons (Fsp3) is 0.148. The van der Waals surface area contributed by atoms with Crippen LogP contribution < -0.4 is 66.9 Å². The summed E-state index contributed by atoms with van der Waals surface area (Å²) in [6, 6.07) is 57.8. The SMILES string of the molecule is CCOC(=O)COc1cn(Cc2ccc(Cl)cc2)c(Cl)nc1=O.CCOC(=O)COc1cn(Cc2ccc(Cl)cc2)c(Nc2ccc(Oc3cccc(F)n3)cc2)nc1=O.COc1cn(Cc2ccc(Cl)cc2)c(Cl)nc1=O.O=C(O)COc1cn(Cc2ccc(Cl)cc2)c(Nc2ccc(Oc3cccc(F)n3)cc2)nc1=O.O=c1nc(Cl)n(Cc2ccc(Cl)cc2)cc1O. The first-order valence-electron chi connectivity index (χ1n) is 38.2. The number of ether oxygens (including phenoxy) is 8. The van der Waals surface area contributed by atoms with Crippen LogP contribution in [0.3, 0.4) is 0 Å². The molecule has 0 unspecified atom stereocenters. The number of rotatable bonds is 30. The van der Waals surface area contributed by atoms with Gasteiger partial charge >= 0.3 is 45.7 Å². The highest BCUT2D eigenvalue weighted by Gasteiger charge is 2.19. The minimum Gasteiger partial charge on any atom is -0.502 e. The maximum Gasteiger partial charge on any atom is 0.344 e. The van der Waals surface area contributed by atoms with Crippen LogP contribution in [0.15, 0.2) is 261 Å². The third-order valence-corrected chi connectivity index (χ3v) is 19.1. The molecule has 0 radical (unpaired) electrons. The normalized spacial score (nSPS) is 10.5. The summed E-state index contributed by atoms with van der Waals surface area (Å²) in [7, 11) is 1.42. The lowest BCUT2D eigenvalue weighted by Crippen LogP contribution is -2.22. The first kappa shape index (κ1) is 98.2. The van der Waals surface area contributed by atoms with Crippen molar-refractivity contribution in [3.63, 3.8) is 0 Å². The summed E-state index contributed by atoms with van der Waals surface area (Å²) in [4.78, 5) is 119. The second-order valence-electron chi connectivity index (χ2n) is 26.5. The maximum atomic E-state index is 13.3. The van der Waals surface area contributed by atoms with Crippen LogP contribution in [0, 0.1) is 11.9 Å². The van der Waals surface area contributed by atoms with E-state index < -0.39 is 76.6 Å². The molecule has 672 valence electrons. The summed E-state index contributed by atoms with van der Waals surface area (Å²) >= 11 is 47.1. The van der Waals surface area contributed by atoms with Crippen LogP contribution in [-0.2, 0) is 56.6 Å². The Morgan fingerprint density at radius 2 is 0.654 bits per heavy atom. The van der Waals surface area contributed by atoms with E-state index in [1.54, 1.807) is 143 Å². The van der Waals surface area contributed by atoms with Gasteiger partial charge in [-0.15, -0.1) is 0 Å². The highest BCUT2D eigenvalue weighted by Crippen LogP contribution is 2.28. The number of aromatic hydroxyl groups is 1. The van der Waals surface area contributed by atoms with Crippen LogP contribution in [0.2, 0.25) is 41.0 Å². The summed E-state index contributed by atoms with van der Waals surface area (Å²) in [6.45, 7) is 4.22. The Morgan fingerprint density at radius 3 is 0.977 bits per heavy atom. The number of benzene rings is 7. The number of carboxylic acid groups (broad SMARTS) is 1. The molecule has 130 heavy (non-hydrogen) atoms. The van der Waals surface area contributed by atoms with E-state index >= 15 is 0 Å². The molecular formula is C88H72Cl8F2N14O18. The molecule has 4 N–H and O–H groups in total. The molecule has 7 aromatic heterocycles. The van der Waals surface area contributed by atoms with Gasteiger partial charge < -0.3 is 81.6 Å². The van der Waals surface area contributed by atoms with Crippen molar-refractivity contribution >= 4 is 134 Å². The smallest absolute Gasteiger partial charge is 0.344 e. The van der Waals surface area contributed by atoms with Crippen molar-refractivity contribution in [1.82, 2.24) is 57.7 Å². The first-order valence-corrected chi connectivity index (χ1v) is 41.2. The number of carbonyl (C=O) groups is 3. The van der Waals surface area contributed by atoms with Gasteiger partial charge in [-0.05, 0) is 198 Å². The van der Waals surface area contributed by atoms with Gasteiger partial charge in [-0.2, -0.15) is 43.7 Å². The van der Waals surface area contributed by atoms with Crippen LogP contribution in [0.5, 0.6) is 52.0 Å². The van der Waals surface area contributed by atoms with Crippen LogP contribution in [0.1, 0.15) is 41.7 Å². The minimum absolute atomic E-state index is 0.0217. The molecule has 14 aromatic rings. The number of methoxy groups -OCH3 is 1. The molecule has 0 aliphatic rings. The van der Waals surface area contributed by atoms with E-state index in [0.29, 0.717) is 80.7 Å². The molecule has 0 saturated heterocycles. The van der Waals surface area contributed by atoms with Gasteiger partial charge in [0.1, 0.15) is 11.5 Å². The predicted octanol–water partition coefficient (Wildman–Crippen LogP) is 16.9. The lowest BCUT2D eigenvalue weighted by molar-refractivity contribution is -0.146. The Hall–Kier alpha value is -14.0. The topological polar surface area (TPSA) is 390 Å². The van der Waals surface area contributed by atoms with Crippen LogP contribution >= 0.6 is 92.8 Å². The number of hydrogen-bond donors (Lipinski definition) is 4. The van der Waals surface area contributed by atoms with Crippen molar-refractivity contribution in [2.24, 2.45) is 0 Å². The number of carbonyl (C=O) groups excluding carboxylic acids is 2. The molecule has 0 saturated carbocycles. The summed E-state index contributed by atoms with van der Waals surface area (Å²) in [5, 5.41) is 27.6. The second kappa shape index (κ2) is 48.8. The lowest BCUT2D eigenvalue weighted by atomic mass is 10.2. The quantitative estimate of drug-likeness (QED) is 0.0184. The van der Waals surface area contributed by atoms with Gasteiger partial charge in [0.25, 0.3) is 0 Å². The molecule has 0 aliphatic carbocycles. The third-order valence-electron chi connectivity index (χ3n) is 16.9. The van der Waals surface area contributed by atoms with Gasteiger partial charge in [-0.1, -0.05) is 131 Å². The average Bonchev–Trinajstić information content (AvgIpc) is 0.799. The molecule has 32 nitrogen and oxygen atoms in total. The van der Waals surface area contributed by atoms with Gasteiger partial charge in [0.15, 0.2) is 25.6 Å². The number of carboxylic acids is 1. The van der Waals surface area contributed by atoms with Gasteiger partial charge in [-0.3, -0.25) is 24.0 Å². The zero-order valence-electron chi connectivity index (χ0n) is 68.2. The average molecular weight is 1940 g/mol. The Morgan fingerprint density at radius 1 is 0.362 bits per heavy atom. The van der Waals surface area contributed by atoms with Crippen molar-refractivity contribution in [1.29, 1.82) is 0 Å². The Balaban J connectivity index is 0.000000175. The zero-order valence-corrected chi connectivity index (χ0v) is 74.2. The van der Waals surface area contributed by atoms with Crippen LogP contribution in [0.4, 0.5) is 32.1 Å². The van der Waals surface area contributed by atoms with E-state index in [2.05, 4.69) is 45.5 Å². The maximum absolute atomic E-state index is 13.3. The summed E-state index contributed by atoms with van der Waals surface area (Å²) in [5.41, 5.74) is 2.54. The largest absolute Gasteiger partial charge is 0.502 e. The van der Waals surface area contributed by atoms with E-state index in [4.69, 9.17) is 136 Å². The Bertz CT molecular complexity index is 6540. The first-order chi connectivity index (χ1) is 62.4. The second-order valence-corrected chi connectivity index (χ2v) is 29.7. The monoisotopic (exact) mass is 1930 g/mol. The van der Waals surface area contributed by atoms with Gasteiger partial charge in [-0.25, -0.2) is 14.4 Å². The highest BCUT2D eigenvalue weighted by molar-refractivity contribution is 6.32. The Labute approximate surface area is 776 Å². The van der Waals surface area contributed by atoms with E-state index in [0.717, 1.165) is 27.8 Å². The van der Waals surface area contributed by atoms with Crippen molar-refractivity contribution < 1.29 is 71.3 Å². The van der Waals surface area contributed by atoms with E-state index in [-0.39, 0.29) is 82.3 Å². The molecule has 42 heteroatoms. The van der Waals surface area contributed by atoms with Crippen LogP contribution in [0.25, 0.3) is 0 Å². The molecule has 0 bridgehead atoms. The third kappa shape index (κ3) is 31.5. The number of nitrogens with zero attached hydrogens (tertiary/aromatic N) is 12. The number of anilines is 4. The van der Waals surface area contributed by atoms with Crippen molar-refractivity contribution in [3.05, 3.63) is 370 Å². The molecule has 0 fully saturated rings. The zero-order chi connectivity index (χ0) is 93.3. The summed E-state index contributed by atoms with van der Waals surface area (Å²) in [5.74, 6) is -2.75. The fourth-order valence-electron chi connectivity index (χ4n) is 10.9. The molecule has 0 amide bonds. The van der Waals surface area contributed by atoms with E-state index in [9.17, 15) is 52.2 Å². The Kier molecular flexibility index (Phi) is 36.9. The molecule has 0 aliphatic heterocycles. The number of nitrogens with one attached hydrogen (secondary N) is 2.